The van der Waals surface area contributed by atoms with Crippen molar-refractivity contribution in [3.63, 3.8) is 0 Å². The average molecular weight is 234 g/mol. The van der Waals surface area contributed by atoms with Crippen LogP contribution in [0, 0.1) is 6.92 Å². The van der Waals surface area contributed by atoms with Gasteiger partial charge < -0.3 is 11.1 Å². The van der Waals surface area contributed by atoms with E-state index >= 15 is 0 Å². The minimum Gasteiger partial charge on any atom is -0.389 e. The monoisotopic (exact) mass is 234 g/mol. The van der Waals surface area contributed by atoms with E-state index in [1.54, 1.807) is 0 Å². The second kappa shape index (κ2) is 4.06. The van der Waals surface area contributed by atoms with E-state index in [1.165, 1.54) is 24.9 Å². The molecule has 0 bridgehead atoms. The zero-order valence-electron chi connectivity index (χ0n) is 9.84. The van der Waals surface area contributed by atoms with Crippen molar-refractivity contribution < 1.29 is 0 Å². The lowest BCUT2D eigenvalue weighted by Crippen LogP contribution is -2.41. The Bertz CT molecular complexity index is 422. The lowest BCUT2D eigenvalue weighted by molar-refractivity contribution is 0.306. The summed E-state index contributed by atoms with van der Waals surface area (Å²) in [6, 6.07) is 6.19. The van der Waals surface area contributed by atoms with Crippen molar-refractivity contribution in [2.24, 2.45) is 5.73 Å². The number of nitrogens with one attached hydrogen (secondary N) is 1. The van der Waals surface area contributed by atoms with Crippen LogP contribution in [0.3, 0.4) is 0 Å². The first-order valence-electron chi connectivity index (χ1n) is 5.69. The lowest BCUT2D eigenvalue weighted by atomic mass is 9.78. The summed E-state index contributed by atoms with van der Waals surface area (Å²) in [5, 5.41) is 3.58. The van der Waals surface area contributed by atoms with Gasteiger partial charge in [0.2, 0.25) is 0 Å². The molecule has 1 aliphatic carbocycles. The third kappa shape index (κ3) is 2.19. The third-order valence-electron chi connectivity index (χ3n) is 3.40. The summed E-state index contributed by atoms with van der Waals surface area (Å²) in [6.07, 6.45) is 3.83. The Balaban J connectivity index is 2.18. The quantitative estimate of drug-likeness (QED) is 0.790. The highest BCUT2D eigenvalue weighted by molar-refractivity contribution is 7.80. The van der Waals surface area contributed by atoms with Gasteiger partial charge in [-0.2, -0.15) is 0 Å². The number of hydrogen-bond acceptors (Lipinski definition) is 2. The Hall–Kier alpha value is -1.09. The summed E-state index contributed by atoms with van der Waals surface area (Å²) in [5.74, 6) is 0. The van der Waals surface area contributed by atoms with E-state index in [4.69, 9.17) is 18.0 Å². The minimum absolute atomic E-state index is 0.289. The highest BCUT2D eigenvalue weighted by Crippen LogP contribution is 2.34. The van der Waals surface area contributed by atoms with Gasteiger partial charge in [-0.05, 0) is 56.9 Å². The van der Waals surface area contributed by atoms with Crippen LogP contribution in [0.2, 0.25) is 0 Å². The molecule has 0 unspecified atom stereocenters. The second-order valence-corrected chi connectivity index (χ2v) is 5.37. The average Bonchev–Trinajstić information content (AvgIpc) is 2.14. The molecule has 0 atom stereocenters. The van der Waals surface area contributed by atoms with Crippen molar-refractivity contribution in [3.05, 3.63) is 29.3 Å². The predicted molar refractivity (Wildman–Crippen MR) is 72.9 cm³/mol. The summed E-state index contributed by atoms with van der Waals surface area (Å²) in [4.78, 5) is 0.471. The number of anilines is 1. The van der Waals surface area contributed by atoms with Crippen LogP contribution in [-0.4, -0.2) is 10.5 Å². The maximum absolute atomic E-state index is 5.64. The smallest absolute Gasteiger partial charge is 0.104 e. The van der Waals surface area contributed by atoms with Gasteiger partial charge in [-0.3, -0.25) is 0 Å². The Morgan fingerprint density at radius 3 is 2.56 bits per heavy atom. The molecule has 0 spiro atoms. The SMILES string of the molecule is Cc1cc(NC2(C)CCC2)ccc1C(N)=S. The first-order chi connectivity index (χ1) is 7.50. The maximum atomic E-state index is 5.64. The first-order valence-corrected chi connectivity index (χ1v) is 6.10. The molecule has 16 heavy (non-hydrogen) atoms. The van der Waals surface area contributed by atoms with Crippen molar-refractivity contribution in [2.45, 2.75) is 38.6 Å². The van der Waals surface area contributed by atoms with Gasteiger partial charge in [0.25, 0.3) is 0 Å². The molecule has 0 saturated heterocycles. The second-order valence-electron chi connectivity index (χ2n) is 4.93. The number of benzene rings is 1. The van der Waals surface area contributed by atoms with Gasteiger partial charge >= 0.3 is 0 Å². The molecule has 1 fully saturated rings. The Kier molecular flexibility index (Phi) is 2.89. The Morgan fingerprint density at radius 1 is 1.44 bits per heavy atom. The topological polar surface area (TPSA) is 38.0 Å². The maximum Gasteiger partial charge on any atom is 0.104 e. The van der Waals surface area contributed by atoms with E-state index in [0.717, 1.165) is 11.1 Å². The first kappa shape index (κ1) is 11.4. The molecule has 2 rings (SSSR count). The summed E-state index contributed by atoms with van der Waals surface area (Å²) in [7, 11) is 0. The lowest BCUT2D eigenvalue weighted by Gasteiger charge is -2.40. The van der Waals surface area contributed by atoms with Gasteiger partial charge in [-0.1, -0.05) is 12.2 Å². The van der Waals surface area contributed by atoms with Crippen LogP contribution in [0.5, 0.6) is 0 Å². The molecule has 0 amide bonds. The predicted octanol–water partition coefficient (Wildman–Crippen LogP) is 2.98. The molecular formula is C13H18N2S. The molecule has 3 heteroatoms. The number of rotatable bonds is 3. The van der Waals surface area contributed by atoms with E-state index in [2.05, 4.69) is 24.4 Å². The van der Waals surface area contributed by atoms with E-state index in [0.29, 0.717) is 4.99 Å². The molecule has 0 heterocycles. The van der Waals surface area contributed by atoms with Crippen molar-refractivity contribution >= 4 is 22.9 Å². The standard InChI is InChI=1S/C13H18N2S/c1-9-8-10(4-5-11(9)12(14)16)15-13(2)6-3-7-13/h4-5,8,15H,3,6-7H2,1-2H3,(H2,14,16). The van der Waals surface area contributed by atoms with Crippen molar-refractivity contribution in [1.82, 2.24) is 0 Å². The van der Waals surface area contributed by atoms with Gasteiger partial charge in [-0.15, -0.1) is 0 Å². The van der Waals surface area contributed by atoms with Crippen LogP contribution in [0.4, 0.5) is 5.69 Å². The molecule has 0 radical (unpaired) electrons. The van der Waals surface area contributed by atoms with Gasteiger partial charge in [0, 0.05) is 16.8 Å². The zero-order chi connectivity index (χ0) is 11.8. The van der Waals surface area contributed by atoms with Crippen molar-refractivity contribution in [2.75, 3.05) is 5.32 Å². The van der Waals surface area contributed by atoms with Gasteiger partial charge in [0.05, 0.1) is 0 Å². The van der Waals surface area contributed by atoms with Crippen LogP contribution in [0.15, 0.2) is 18.2 Å². The van der Waals surface area contributed by atoms with Crippen LogP contribution < -0.4 is 11.1 Å². The largest absolute Gasteiger partial charge is 0.389 e. The van der Waals surface area contributed by atoms with Crippen molar-refractivity contribution in [3.8, 4) is 0 Å². The zero-order valence-corrected chi connectivity index (χ0v) is 10.7. The minimum atomic E-state index is 0.289. The summed E-state index contributed by atoms with van der Waals surface area (Å²) >= 11 is 4.99. The Morgan fingerprint density at radius 2 is 2.12 bits per heavy atom. The van der Waals surface area contributed by atoms with Crippen LogP contribution in [0.1, 0.15) is 37.3 Å². The van der Waals surface area contributed by atoms with Crippen LogP contribution in [-0.2, 0) is 0 Å². The van der Waals surface area contributed by atoms with E-state index in [1.807, 2.05) is 13.0 Å². The molecule has 0 aliphatic heterocycles. The summed E-state index contributed by atoms with van der Waals surface area (Å²) < 4.78 is 0. The van der Waals surface area contributed by atoms with Gasteiger partial charge in [-0.25, -0.2) is 0 Å². The fourth-order valence-corrected chi connectivity index (χ4v) is 2.43. The molecule has 1 aliphatic rings. The molecule has 2 nitrogen and oxygen atoms in total. The molecule has 0 aromatic heterocycles. The molecular weight excluding hydrogens is 216 g/mol. The molecule has 1 aromatic carbocycles. The van der Waals surface area contributed by atoms with Crippen LogP contribution >= 0.6 is 12.2 Å². The van der Waals surface area contributed by atoms with E-state index in [9.17, 15) is 0 Å². The highest BCUT2D eigenvalue weighted by atomic mass is 32.1. The Labute approximate surface area is 102 Å². The van der Waals surface area contributed by atoms with Crippen molar-refractivity contribution in [1.29, 1.82) is 0 Å². The summed E-state index contributed by atoms with van der Waals surface area (Å²) in [6.45, 7) is 4.32. The molecule has 1 saturated carbocycles. The molecule has 3 N–H and O–H groups in total. The van der Waals surface area contributed by atoms with Gasteiger partial charge in [0.1, 0.15) is 4.99 Å². The fraction of sp³-hybridized carbons (Fsp3) is 0.462. The normalized spacial score (nSPS) is 17.6. The third-order valence-corrected chi connectivity index (χ3v) is 3.61. The van der Waals surface area contributed by atoms with Gasteiger partial charge in [0.15, 0.2) is 0 Å². The fourth-order valence-electron chi connectivity index (χ4n) is 2.20. The van der Waals surface area contributed by atoms with Crippen LogP contribution in [0.25, 0.3) is 0 Å². The number of aryl methyl sites for hydroxylation is 1. The summed E-state index contributed by atoms with van der Waals surface area (Å²) in [5.41, 5.74) is 9.21. The number of hydrogen-bond donors (Lipinski definition) is 2. The molecule has 1 aromatic rings. The number of nitrogens with two attached hydrogens (primary N) is 1. The molecule has 86 valence electrons. The van der Waals surface area contributed by atoms with E-state index in [-0.39, 0.29) is 5.54 Å². The highest BCUT2D eigenvalue weighted by Gasteiger charge is 2.31. The number of thiocarbonyl (C=S) groups is 1. The van der Waals surface area contributed by atoms with E-state index < -0.39 is 0 Å².